The molecule has 110 valence electrons. The van der Waals surface area contributed by atoms with Gasteiger partial charge in [0.1, 0.15) is 0 Å². The minimum atomic E-state index is 0.360. The van der Waals surface area contributed by atoms with Crippen LogP contribution in [0.3, 0.4) is 0 Å². The van der Waals surface area contributed by atoms with Crippen LogP contribution in [-0.4, -0.2) is 28.3 Å². The molecule has 3 nitrogen and oxygen atoms in total. The molecule has 0 amide bonds. The minimum absolute atomic E-state index is 0.360. The van der Waals surface area contributed by atoms with Crippen LogP contribution in [0.15, 0.2) is 6.07 Å². The first-order valence-corrected chi connectivity index (χ1v) is 7.93. The van der Waals surface area contributed by atoms with Crippen molar-refractivity contribution in [2.75, 3.05) is 13.6 Å². The van der Waals surface area contributed by atoms with Gasteiger partial charge in [0.25, 0.3) is 0 Å². The second-order valence-corrected chi connectivity index (χ2v) is 5.29. The van der Waals surface area contributed by atoms with Gasteiger partial charge in [-0.15, -0.1) is 0 Å². The number of hydrogen-bond donors (Lipinski definition) is 0. The van der Waals surface area contributed by atoms with E-state index < -0.39 is 0 Å². The van der Waals surface area contributed by atoms with Gasteiger partial charge in [-0.3, -0.25) is 9.58 Å². The molecule has 3 heteroatoms. The summed E-state index contributed by atoms with van der Waals surface area (Å²) in [5.41, 5.74) is 3.07. The van der Waals surface area contributed by atoms with E-state index in [9.17, 15) is 0 Å². The van der Waals surface area contributed by atoms with E-state index in [1.165, 1.54) is 24.2 Å². The molecule has 0 radical (unpaired) electrons. The van der Waals surface area contributed by atoms with Crippen LogP contribution >= 0.6 is 0 Å². The van der Waals surface area contributed by atoms with E-state index in [1.54, 1.807) is 0 Å². The predicted molar refractivity (Wildman–Crippen MR) is 82.6 cm³/mol. The summed E-state index contributed by atoms with van der Waals surface area (Å²) in [5, 5.41) is 4.71. The Morgan fingerprint density at radius 3 is 2.16 bits per heavy atom. The first-order valence-electron chi connectivity index (χ1n) is 7.93. The van der Waals surface area contributed by atoms with Crippen LogP contribution in [0.4, 0.5) is 0 Å². The quantitative estimate of drug-likeness (QED) is 0.765. The molecule has 2 heterocycles. The van der Waals surface area contributed by atoms with Crippen LogP contribution in [0.25, 0.3) is 0 Å². The van der Waals surface area contributed by atoms with Crippen LogP contribution < -0.4 is 0 Å². The molecule has 0 atom stereocenters. The molecular formula is C16H31N3. The van der Waals surface area contributed by atoms with E-state index in [-0.39, 0.29) is 0 Å². The van der Waals surface area contributed by atoms with Crippen LogP contribution in [0.5, 0.6) is 0 Å². The van der Waals surface area contributed by atoms with Crippen molar-refractivity contribution in [3.05, 3.63) is 17.5 Å². The Morgan fingerprint density at radius 1 is 1.11 bits per heavy atom. The summed E-state index contributed by atoms with van der Waals surface area (Å²) in [7, 11) is 2.25. The molecule has 0 N–H and O–H groups in total. The Morgan fingerprint density at radius 2 is 1.68 bits per heavy atom. The third-order valence-electron chi connectivity index (χ3n) is 3.97. The fourth-order valence-corrected chi connectivity index (χ4v) is 2.67. The fourth-order valence-electron chi connectivity index (χ4n) is 2.67. The molecule has 3 rings (SSSR count). The van der Waals surface area contributed by atoms with Crippen molar-refractivity contribution in [2.24, 2.45) is 0 Å². The average molecular weight is 265 g/mol. The Bertz CT molecular complexity index is 389. The maximum Gasteiger partial charge on any atom is 0.0653 e. The molecule has 0 aromatic carbocycles. The van der Waals surface area contributed by atoms with Crippen LogP contribution in [-0.2, 0) is 12.1 Å². The fraction of sp³-hybridized carbons (Fsp3) is 0.812. The van der Waals surface area contributed by atoms with Gasteiger partial charge in [-0.05, 0) is 31.9 Å². The molecule has 0 saturated heterocycles. The number of hydrogen-bond acceptors (Lipinski definition) is 2. The predicted octanol–water partition coefficient (Wildman–Crippen LogP) is 3.99. The monoisotopic (exact) mass is 265 g/mol. The zero-order valence-electron chi connectivity index (χ0n) is 13.8. The summed E-state index contributed by atoms with van der Waals surface area (Å²) >= 11 is 0. The molecule has 2 aliphatic rings. The maximum absolute atomic E-state index is 4.71. The lowest BCUT2D eigenvalue weighted by molar-refractivity contribution is 0.167. The van der Waals surface area contributed by atoms with Gasteiger partial charge in [-0.1, -0.05) is 41.5 Å². The van der Waals surface area contributed by atoms with E-state index in [1.807, 2.05) is 27.7 Å². The zero-order chi connectivity index (χ0) is 14.6. The van der Waals surface area contributed by atoms with Crippen LogP contribution in [0, 0.1) is 0 Å². The molecule has 1 aromatic rings. The van der Waals surface area contributed by atoms with Crippen molar-refractivity contribution in [3.63, 3.8) is 0 Å². The van der Waals surface area contributed by atoms with E-state index in [0.717, 1.165) is 13.1 Å². The highest BCUT2D eigenvalue weighted by molar-refractivity contribution is 5.28. The maximum atomic E-state index is 4.71. The largest absolute Gasteiger partial charge is 0.293 e. The zero-order valence-corrected chi connectivity index (χ0v) is 13.8. The van der Waals surface area contributed by atoms with E-state index in [4.69, 9.17) is 5.10 Å². The lowest BCUT2D eigenvalue weighted by atomic mass is 10.1. The van der Waals surface area contributed by atoms with E-state index >= 15 is 0 Å². The van der Waals surface area contributed by atoms with Crippen molar-refractivity contribution in [1.29, 1.82) is 0 Å². The first-order chi connectivity index (χ1) is 9.13. The van der Waals surface area contributed by atoms with Gasteiger partial charge < -0.3 is 0 Å². The average Bonchev–Trinajstić information content (AvgIpc) is 3.11. The Labute approximate surface area is 119 Å². The molecule has 1 fully saturated rings. The second kappa shape index (κ2) is 6.56. The van der Waals surface area contributed by atoms with E-state index in [2.05, 4.69) is 36.5 Å². The van der Waals surface area contributed by atoms with Gasteiger partial charge in [0.05, 0.1) is 23.5 Å². The first kappa shape index (κ1) is 16.2. The summed E-state index contributed by atoms with van der Waals surface area (Å²) < 4.78 is 2.24. The molecular weight excluding hydrogens is 234 g/mol. The van der Waals surface area contributed by atoms with Crippen molar-refractivity contribution < 1.29 is 0 Å². The molecule has 1 aromatic heterocycles. The Kier molecular flexibility index (Phi) is 5.60. The smallest absolute Gasteiger partial charge is 0.0653 e. The molecule has 1 saturated carbocycles. The van der Waals surface area contributed by atoms with Gasteiger partial charge in [-0.2, -0.15) is 5.10 Å². The molecule has 19 heavy (non-hydrogen) atoms. The summed E-state index contributed by atoms with van der Waals surface area (Å²) in [6, 6.07) is 2.33. The molecule has 1 aliphatic carbocycles. The number of rotatable bonds is 1. The van der Waals surface area contributed by atoms with Crippen molar-refractivity contribution >= 4 is 0 Å². The molecule has 1 spiro atoms. The summed E-state index contributed by atoms with van der Waals surface area (Å²) in [6.45, 7) is 14.6. The van der Waals surface area contributed by atoms with Gasteiger partial charge in [0.2, 0.25) is 0 Å². The van der Waals surface area contributed by atoms with Gasteiger partial charge in [-0.25, -0.2) is 0 Å². The third kappa shape index (κ3) is 2.86. The topological polar surface area (TPSA) is 21.1 Å². The normalized spacial score (nSPS) is 19.2. The Balaban J connectivity index is 0.000000415. The second-order valence-electron chi connectivity index (χ2n) is 5.29. The molecule has 0 unspecified atom stereocenters. The lowest BCUT2D eigenvalue weighted by Gasteiger charge is -2.33. The van der Waals surface area contributed by atoms with Crippen molar-refractivity contribution in [3.8, 4) is 0 Å². The number of fused-ring (bicyclic) bond motifs is 2. The van der Waals surface area contributed by atoms with Crippen molar-refractivity contribution in [1.82, 2.24) is 14.7 Å². The number of likely N-dealkylation sites (N-methyl/N-ethyl adjacent to an activating group) is 1. The summed E-state index contributed by atoms with van der Waals surface area (Å²) in [6.07, 6.45) is 2.62. The number of aromatic nitrogens is 2. The SMILES string of the molecule is CC.CC.CC(C)c1cc2n(n1)CCN(C)C21CC1. The summed E-state index contributed by atoms with van der Waals surface area (Å²) in [5.74, 6) is 0.546. The van der Waals surface area contributed by atoms with Gasteiger partial charge in [0, 0.05) is 6.54 Å². The van der Waals surface area contributed by atoms with Crippen molar-refractivity contribution in [2.45, 2.75) is 72.4 Å². The number of nitrogens with zero attached hydrogens (tertiary/aromatic N) is 3. The molecule has 1 aliphatic heterocycles. The highest BCUT2D eigenvalue weighted by Gasteiger charge is 2.52. The highest BCUT2D eigenvalue weighted by atomic mass is 15.4. The van der Waals surface area contributed by atoms with Crippen LogP contribution in [0.2, 0.25) is 0 Å². The minimum Gasteiger partial charge on any atom is -0.293 e. The van der Waals surface area contributed by atoms with E-state index in [0.29, 0.717) is 11.5 Å². The lowest BCUT2D eigenvalue weighted by Crippen LogP contribution is -2.41. The standard InChI is InChI=1S/C12H19N3.2C2H6/c1-9(2)10-8-11-12(4-5-12)14(3)6-7-15(11)13-10;2*1-2/h8-9H,4-7H2,1-3H3;2*1-2H3. The van der Waals surface area contributed by atoms with Gasteiger partial charge >= 0.3 is 0 Å². The molecule has 0 bridgehead atoms. The Hall–Kier alpha value is -0.830. The highest BCUT2D eigenvalue weighted by Crippen LogP contribution is 2.52. The van der Waals surface area contributed by atoms with Gasteiger partial charge in [0.15, 0.2) is 0 Å². The summed E-state index contributed by atoms with van der Waals surface area (Å²) in [4.78, 5) is 2.51. The van der Waals surface area contributed by atoms with Crippen LogP contribution in [0.1, 0.15) is 71.7 Å². The third-order valence-corrected chi connectivity index (χ3v) is 3.97.